The highest BCUT2D eigenvalue weighted by Gasteiger charge is 2.26. The molecule has 1 saturated heterocycles. The third-order valence-corrected chi connectivity index (χ3v) is 4.07. The summed E-state index contributed by atoms with van der Waals surface area (Å²) < 4.78 is 5.10. The van der Waals surface area contributed by atoms with Crippen LogP contribution in [0.1, 0.15) is 31.9 Å². The van der Waals surface area contributed by atoms with Crippen molar-refractivity contribution in [1.29, 1.82) is 0 Å². The third kappa shape index (κ3) is 3.96. The van der Waals surface area contributed by atoms with Crippen LogP contribution in [0.4, 0.5) is 5.69 Å². The smallest absolute Gasteiger partial charge is 0.311 e. The zero-order valence-electron chi connectivity index (χ0n) is 13.5. The van der Waals surface area contributed by atoms with E-state index in [0.717, 1.165) is 38.2 Å². The summed E-state index contributed by atoms with van der Waals surface area (Å²) in [5, 5.41) is 14.6. The zero-order valence-corrected chi connectivity index (χ0v) is 13.5. The van der Waals surface area contributed by atoms with E-state index in [1.54, 1.807) is 12.1 Å². The second kappa shape index (κ2) is 7.56. The Bertz CT molecular complexity index is 513. The van der Waals surface area contributed by atoms with Crippen LogP contribution < -0.4 is 10.1 Å². The summed E-state index contributed by atoms with van der Waals surface area (Å²) in [4.78, 5) is 13.3. The van der Waals surface area contributed by atoms with Gasteiger partial charge < -0.3 is 10.1 Å². The zero-order chi connectivity index (χ0) is 16.1. The number of piperazine rings is 1. The number of ether oxygens (including phenoxy) is 1. The third-order valence-electron chi connectivity index (χ3n) is 4.07. The van der Waals surface area contributed by atoms with Gasteiger partial charge in [0.25, 0.3) is 0 Å². The molecule has 6 nitrogen and oxygen atoms in total. The second-order valence-electron chi connectivity index (χ2n) is 6.12. The fraction of sp³-hybridized carbons (Fsp3) is 0.625. The number of benzene rings is 1. The lowest BCUT2D eigenvalue weighted by Gasteiger charge is -2.36. The van der Waals surface area contributed by atoms with E-state index >= 15 is 0 Å². The summed E-state index contributed by atoms with van der Waals surface area (Å²) >= 11 is 0. The van der Waals surface area contributed by atoms with Crippen molar-refractivity contribution in [2.24, 2.45) is 5.92 Å². The molecule has 0 aromatic heterocycles. The molecule has 122 valence electrons. The van der Waals surface area contributed by atoms with Gasteiger partial charge in [0.1, 0.15) is 0 Å². The first-order chi connectivity index (χ1) is 10.5. The van der Waals surface area contributed by atoms with Gasteiger partial charge in [-0.3, -0.25) is 15.0 Å². The largest absolute Gasteiger partial charge is 0.490 e. The minimum Gasteiger partial charge on any atom is -0.490 e. The van der Waals surface area contributed by atoms with Crippen molar-refractivity contribution in [2.45, 2.75) is 26.3 Å². The molecular weight excluding hydrogens is 282 g/mol. The lowest BCUT2D eigenvalue weighted by Crippen LogP contribution is -2.45. The van der Waals surface area contributed by atoms with Crippen LogP contribution in [0.2, 0.25) is 0 Å². The van der Waals surface area contributed by atoms with Gasteiger partial charge in [0.05, 0.1) is 12.0 Å². The molecule has 2 rings (SSSR count). The number of nitrogens with one attached hydrogen (secondary N) is 1. The van der Waals surface area contributed by atoms with E-state index < -0.39 is 0 Å². The summed E-state index contributed by atoms with van der Waals surface area (Å²) in [6, 6.07) is 5.56. The highest BCUT2D eigenvalue weighted by atomic mass is 16.6. The molecule has 1 atom stereocenters. The lowest BCUT2D eigenvalue weighted by molar-refractivity contribution is -0.385. The molecule has 0 amide bonds. The molecule has 6 heteroatoms. The molecule has 1 heterocycles. The molecule has 0 spiro atoms. The Kier molecular flexibility index (Phi) is 5.74. The van der Waals surface area contributed by atoms with Crippen LogP contribution >= 0.6 is 0 Å². The fourth-order valence-electron chi connectivity index (χ4n) is 2.99. The number of nitro groups is 1. The maximum absolute atomic E-state index is 11.3. The first kappa shape index (κ1) is 16.7. The van der Waals surface area contributed by atoms with E-state index in [4.69, 9.17) is 4.74 Å². The van der Waals surface area contributed by atoms with Gasteiger partial charge in [-0.2, -0.15) is 0 Å². The van der Waals surface area contributed by atoms with Gasteiger partial charge in [-0.05, 0) is 24.0 Å². The molecule has 0 unspecified atom stereocenters. The Morgan fingerprint density at radius 1 is 1.36 bits per heavy atom. The molecule has 1 fully saturated rings. The molecule has 1 aliphatic heterocycles. The van der Waals surface area contributed by atoms with Gasteiger partial charge in [0, 0.05) is 38.3 Å². The van der Waals surface area contributed by atoms with Crippen LogP contribution in [0.15, 0.2) is 18.2 Å². The van der Waals surface area contributed by atoms with E-state index in [9.17, 15) is 10.1 Å². The summed E-state index contributed by atoms with van der Waals surface area (Å²) in [5.74, 6) is 0.846. The molecule has 0 radical (unpaired) electrons. The van der Waals surface area contributed by atoms with Gasteiger partial charge in [-0.1, -0.05) is 19.9 Å². The maximum Gasteiger partial charge on any atom is 0.311 e. The monoisotopic (exact) mass is 307 g/mol. The van der Waals surface area contributed by atoms with E-state index in [-0.39, 0.29) is 16.7 Å². The fourth-order valence-corrected chi connectivity index (χ4v) is 2.99. The SMILES string of the molecule is COc1ccc([C@@H](CC(C)C)N2CCNCC2)cc1[N+](=O)[O-]. The van der Waals surface area contributed by atoms with Crippen LogP contribution in [0.3, 0.4) is 0 Å². The minimum absolute atomic E-state index is 0.0453. The van der Waals surface area contributed by atoms with Gasteiger partial charge in [-0.15, -0.1) is 0 Å². The molecule has 0 saturated carbocycles. The summed E-state index contributed by atoms with van der Waals surface area (Å²) in [7, 11) is 1.46. The Morgan fingerprint density at radius 3 is 2.59 bits per heavy atom. The van der Waals surface area contributed by atoms with E-state index in [1.165, 1.54) is 7.11 Å². The van der Waals surface area contributed by atoms with Gasteiger partial charge in [0.2, 0.25) is 0 Å². The standard InChI is InChI=1S/C16H25N3O3/c1-12(2)10-14(18-8-6-17-7-9-18)13-4-5-16(22-3)15(11-13)19(20)21/h4-5,11-12,14,17H,6-10H2,1-3H3/t14-/m1/s1. The van der Waals surface area contributed by atoms with Crippen molar-refractivity contribution in [3.63, 3.8) is 0 Å². The Labute approximate surface area is 131 Å². The number of methoxy groups -OCH3 is 1. The Morgan fingerprint density at radius 2 is 2.05 bits per heavy atom. The lowest BCUT2D eigenvalue weighted by atomic mass is 9.94. The van der Waals surface area contributed by atoms with Gasteiger partial charge in [-0.25, -0.2) is 0 Å². The van der Waals surface area contributed by atoms with Crippen molar-refractivity contribution < 1.29 is 9.66 Å². The number of hydrogen-bond acceptors (Lipinski definition) is 5. The summed E-state index contributed by atoms with van der Waals surface area (Å²) in [6.45, 7) is 8.24. The predicted octanol–water partition coefficient (Wildman–Crippen LogP) is 2.60. The number of nitrogens with zero attached hydrogens (tertiary/aromatic N) is 2. The molecule has 0 aliphatic carbocycles. The maximum atomic E-state index is 11.3. The molecule has 0 bridgehead atoms. The van der Waals surface area contributed by atoms with Crippen molar-refractivity contribution in [3.05, 3.63) is 33.9 Å². The van der Waals surface area contributed by atoms with Gasteiger partial charge >= 0.3 is 5.69 Å². The average molecular weight is 307 g/mol. The summed E-state index contributed by atoms with van der Waals surface area (Å²) in [6.07, 6.45) is 0.990. The van der Waals surface area contributed by atoms with E-state index in [1.807, 2.05) is 6.07 Å². The first-order valence-corrected chi connectivity index (χ1v) is 7.80. The highest BCUT2D eigenvalue weighted by molar-refractivity contribution is 5.49. The average Bonchev–Trinajstić information content (AvgIpc) is 2.52. The van der Waals surface area contributed by atoms with Crippen molar-refractivity contribution in [1.82, 2.24) is 10.2 Å². The van der Waals surface area contributed by atoms with Crippen LogP contribution in [0.5, 0.6) is 5.75 Å². The summed E-state index contributed by atoms with van der Waals surface area (Å²) in [5.41, 5.74) is 1.05. The molecule has 22 heavy (non-hydrogen) atoms. The highest BCUT2D eigenvalue weighted by Crippen LogP contribution is 2.34. The van der Waals surface area contributed by atoms with Crippen LogP contribution in [0, 0.1) is 16.0 Å². The quantitative estimate of drug-likeness (QED) is 0.646. The molecule has 1 N–H and O–H groups in total. The Balaban J connectivity index is 2.33. The number of nitro benzene ring substituents is 1. The molecule has 1 aromatic carbocycles. The van der Waals surface area contributed by atoms with Crippen LogP contribution in [-0.4, -0.2) is 43.1 Å². The molecule has 1 aliphatic rings. The van der Waals surface area contributed by atoms with Crippen LogP contribution in [0.25, 0.3) is 0 Å². The van der Waals surface area contributed by atoms with E-state index in [0.29, 0.717) is 11.7 Å². The number of rotatable bonds is 6. The van der Waals surface area contributed by atoms with E-state index in [2.05, 4.69) is 24.1 Å². The Hall–Kier alpha value is -1.66. The minimum atomic E-state index is -0.369. The second-order valence-corrected chi connectivity index (χ2v) is 6.12. The topological polar surface area (TPSA) is 67.6 Å². The number of hydrogen-bond donors (Lipinski definition) is 1. The van der Waals surface area contributed by atoms with Crippen molar-refractivity contribution in [2.75, 3.05) is 33.3 Å². The van der Waals surface area contributed by atoms with Crippen molar-refractivity contribution >= 4 is 5.69 Å². The predicted molar refractivity (Wildman–Crippen MR) is 86.3 cm³/mol. The van der Waals surface area contributed by atoms with Crippen molar-refractivity contribution in [3.8, 4) is 5.75 Å². The van der Waals surface area contributed by atoms with Gasteiger partial charge in [0.15, 0.2) is 5.75 Å². The normalized spacial score (nSPS) is 17.5. The van der Waals surface area contributed by atoms with Crippen LogP contribution in [-0.2, 0) is 0 Å². The molecule has 1 aromatic rings. The first-order valence-electron chi connectivity index (χ1n) is 7.80. The molecular formula is C16H25N3O3.